The van der Waals surface area contributed by atoms with Gasteiger partial charge >= 0.3 is 0 Å². The van der Waals surface area contributed by atoms with Gasteiger partial charge in [-0.2, -0.15) is 0 Å². The van der Waals surface area contributed by atoms with Gasteiger partial charge in [-0.15, -0.1) is 0 Å². The zero-order valence-electron chi connectivity index (χ0n) is 19.7. The maximum Gasteiger partial charge on any atom is 0.220 e. The molecular weight excluding hydrogens is 431 g/mol. The summed E-state index contributed by atoms with van der Waals surface area (Å²) in [7, 11) is 2.07. The van der Waals surface area contributed by atoms with Gasteiger partial charge in [-0.1, -0.05) is 47.6 Å². The molecule has 1 aromatic heterocycles. The number of aromatic nitrogens is 1. The third kappa shape index (κ3) is 7.23. The fourth-order valence-electron chi connectivity index (χ4n) is 4.61. The van der Waals surface area contributed by atoms with Gasteiger partial charge in [0.25, 0.3) is 0 Å². The Hall–Kier alpha value is -3.03. The Labute approximate surface area is 200 Å². The maximum absolute atomic E-state index is 13.1. The molecule has 0 bridgehead atoms. The highest BCUT2D eigenvalue weighted by Crippen LogP contribution is 2.26. The SMILES string of the molecule is CN(Cc1ccccc1)Cc1cc(C[C@@H]2CNCC[C@H]2CC(=O)NCc2ccc(F)cc2)no1. The monoisotopic (exact) mass is 464 g/mol. The van der Waals surface area contributed by atoms with Crippen molar-refractivity contribution in [3.63, 3.8) is 0 Å². The summed E-state index contributed by atoms with van der Waals surface area (Å²) in [6.07, 6.45) is 2.23. The van der Waals surface area contributed by atoms with E-state index in [1.54, 1.807) is 12.1 Å². The number of hydrogen-bond donors (Lipinski definition) is 2. The number of nitrogens with one attached hydrogen (secondary N) is 2. The molecule has 2 heterocycles. The molecule has 3 aromatic rings. The van der Waals surface area contributed by atoms with Crippen LogP contribution in [0, 0.1) is 17.7 Å². The Morgan fingerprint density at radius 3 is 2.71 bits per heavy atom. The van der Waals surface area contributed by atoms with E-state index in [1.165, 1.54) is 17.7 Å². The van der Waals surface area contributed by atoms with Crippen LogP contribution < -0.4 is 10.6 Å². The van der Waals surface area contributed by atoms with Crippen molar-refractivity contribution in [1.29, 1.82) is 0 Å². The normalized spacial score (nSPS) is 18.2. The van der Waals surface area contributed by atoms with Crippen molar-refractivity contribution < 1.29 is 13.7 Å². The molecule has 7 heteroatoms. The minimum atomic E-state index is -0.272. The molecule has 1 fully saturated rings. The van der Waals surface area contributed by atoms with Crippen LogP contribution in [0.3, 0.4) is 0 Å². The second-order valence-corrected chi connectivity index (χ2v) is 9.27. The number of carbonyl (C=O) groups excluding carboxylic acids is 1. The van der Waals surface area contributed by atoms with Gasteiger partial charge in [-0.05, 0) is 68.1 Å². The molecule has 34 heavy (non-hydrogen) atoms. The summed E-state index contributed by atoms with van der Waals surface area (Å²) in [5, 5.41) is 10.7. The fraction of sp³-hybridized carbons (Fsp3) is 0.407. The highest BCUT2D eigenvalue weighted by Gasteiger charge is 2.28. The van der Waals surface area contributed by atoms with E-state index in [0.717, 1.165) is 49.5 Å². The van der Waals surface area contributed by atoms with Gasteiger partial charge in [-0.25, -0.2) is 4.39 Å². The van der Waals surface area contributed by atoms with Crippen LogP contribution in [0.1, 0.15) is 35.4 Å². The molecule has 1 saturated heterocycles. The summed E-state index contributed by atoms with van der Waals surface area (Å²) in [4.78, 5) is 14.8. The van der Waals surface area contributed by atoms with Gasteiger partial charge in [0.05, 0.1) is 12.2 Å². The van der Waals surface area contributed by atoms with Crippen LogP contribution in [0.2, 0.25) is 0 Å². The van der Waals surface area contributed by atoms with E-state index in [2.05, 4.69) is 39.9 Å². The molecule has 0 unspecified atom stereocenters. The van der Waals surface area contributed by atoms with Crippen LogP contribution in [-0.4, -0.2) is 36.1 Å². The Bertz CT molecular complexity index is 1040. The summed E-state index contributed by atoms with van der Waals surface area (Å²) in [6.45, 7) is 3.74. The lowest BCUT2D eigenvalue weighted by Crippen LogP contribution is -2.40. The predicted molar refractivity (Wildman–Crippen MR) is 129 cm³/mol. The molecule has 4 rings (SSSR count). The zero-order chi connectivity index (χ0) is 23.8. The van der Waals surface area contributed by atoms with E-state index in [0.29, 0.717) is 25.4 Å². The number of halogens is 1. The molecule has 2 aromatic carbocycles. The first-order valence-corrected chi connectivity index (χ1v) is 11.9. The fourth-order valence-corrected chi connectivity index (χ4v) is 4.61. The highest BCUT2D eigenvalue weighted by molar-refractivity contribution is 5.76. The largest absolute Gasteiger partial charge is 0.360 e. The van der Waals surface area contributed by atoms with Crippen molar-refractivity contribution in [2.45, 2.75) is 38.9 Å². The molecule has 2 N–H and O–H groups in total. The molecular formula is C27H33FN4O2. The molecule has 0 radical (unpaired) electrons. The Kier molecular flexibility index (Phi) is 8.44. The van der Waals surface area contributed by atoms with E-state index in [9.17, 15) is 9.18 Å². The molecule has 1 aliphatic heterocycles. The lowest BCUT2D eigenvalue weighted by atomic mass is 9.81. The second-order valence-electron chi connectivity index (χ2n) is 9.27. The minimum absolute atomic E-state index is 0.0320. The summed E-state index contributed by atoms with van der Waals surface area (Å²) in [6, 6.07) is 18.6. The average Bonchev–Trinajstić information content (AvgIpc) is 3.27. The highest BCUT2D eigenvalue weighted by atomic mass is 19.1. The van der Waals surface area contributed by atoms with Crippen molar-refractivity contribution in [2.75, 3.05) is 20.1 Å². The molecule has 2 atom stereocenters. The van der Waals surface area contributed by atoms with E-state index in [4.69, 9.17) is 4.52 Å². The van der Waals surface area contributed by atoms with Crippen LogP contribution in [0.15, 0.2) is 65.2 Å². The number of nitrogens with zero attached hydrogens (tertiary/aromatic N) is 2. The van der Waals surface area contributed by atoms with E-state index in [1.807, 2.05) is 24.3 Å². The van der Waals surface area contributed by atoms with Crippen molar-refractivity contribution in [2.24, 2.45) is 11.8 Å². The minimum Gasteiger partial charge on any atom is -0.360 e. The van der Waals surface area contributed by atoms with E-state index < -0.39 is 0 Å². The van der Waals surface area contributed by atoms with Crippen molar-refractivity contribution >= 4 is 5.91 Å². The van der Waals surface area contributed by atoms with Gasteiger partial charge in [0.2, 0.25) is 5.91 Å². The Balaban J connectivity index is 1.26. The smallest absolute Gasteiger partial charge is 0.220 e. The van der Waals surface area contributed by atoms with Crippen LogP contribution in [0.25, 0.3) is 0 Å². The molecule has 1 amide bonds. The van der Waals surface area contributed by atoms with Crippen molar-refractivity contribution in [3.05, 3.63) is 89.1 Å². The molecule has 180 valence electrons. The second kappa shape index (κ2) is 11.9. The Morgan fingerprint density at radius 1 is 1.12 bits per heavy atom. The summed E-state index contributed by atoms with van der Waals surface area (Å²) in [5.41, 5.74) is 3.09. The number of hydrogen-bond acceptors (Lipinski definition) is 5. The van der Waals surface area contributed by atoms with Crippen LogP contribution in [0.5, 0.6) is 0 Å². The van der Waals surface area contributed by atoms with Crippen molar-refractivity contribution in [3.8, 4) is 0 Å². The van der Waals surface area contributed by atoms with Crippen molar-refractivity contribution in [1.82, 2.24) is 20.7 Å². The topological polar surface area (TPSA) is 70.4 Å². The number of piperidine rings is 1. The first-order valence-electron chi connectivity index (χ1n) is 11.9. The Morgan fingerprint density at radius 2 is 1.91 bits per heavy atom. The van der Waals surface area contributed by atoms with Gasteiger partial charge < -0.3 is 15.2 Å². The zero-order valence-corrected chi connectivity index (χ0v) is 19.7. The first-order chi connectivity index (χ1) is 16.5. The molecule has 0 saturated carbocycles. The third-order valence-corrected chi connectivity index (χ3v) is 6.42. The molecule has 0 spiro atoms. The third-order valence-electron chi connectivity index (χ3n) is 6.42. The predicted octanol–water partition coefficient (Wildman–Crippen LogP) is 3.92. The summed E-state index contributed by atoms with van der Waals surface area (Å²) < 4.78 is 18.7. The van der Waals surface area contributed by atoms with E-state index >= 15 is 0 Å². The molecule has 0 aliphatic carbocycles. The number of carbonyl (C=O) groups is 1. The number of rotatable bonds is 10. The van der Waals surface area contributed by atoms with Crippen LogP contribution >= 0.6 is 0 Å². The number of benzene rings is 2. The molecule has 1 aliphatic rings. The molecule has 6 nitrogen and oxygen atoms in total. The standard InChI is InChI=1S/C27H33FN4O2/c1-32(18-21-5-3-2-4-6-21)19-26-15-25(31-34-26)13-23-17-29-12-11-22(23)14-27(33)30-16-20-7-9-24(28)10-8-20/h2-10,15,22-23,29H,11-14,16-19H2,1H3,(H,30,33)/t22-,23+/m0/s1. The quantitative estimate of drug-likeness (QED) is 0.476. The van der Waals surface area contributed by atoms with Gasteiger partial charge in [0.1, 0.15) is 5.82 Å². The number of amides is 1. The lowest BCUT2D eigenvalue weighted by Gasteiger charge is -2.31. The van der Waals surface area contributed by atoms with E-state index in [-0.39, 0.29) is 17.6 Å². The summed E-state index contributed by atoms with van der Waals surface area (Å²) in [5.74, 6) is 1.22. The maximum atomic E-state index is 13.1. The first kappa shape index (κ1) is 24.1. The average molecular weight is 465 g/mol. The summed E-state index contributed by atoms with van der Waals surface area (Å²) >= 11 is 0. The van der Waals surface area contributed by atoms with Crippen LogP contribution in [-0.2, 0) is 30.8 Å². The lowest BCUT2D eigenvalue weighted by molar-refractivity contribution is -0.122. The van der Waals surface area contributed by atoms with Crippen LogP contribution in [0.4, 0.5) is 4.39 Å². The van der Waals surface area contributed by atoms with Gasteiger partial charge in [-0.3, -0.25) is 9.69 Å². The van der Waals surface area contributed by atoms with Gasteiger partial charge in [0.15, 0.2) is 5.76 Å². The van der Waals surface area contributed by atoms with Gasteiger partial charge in [0, 0.05) is 25.6 Å².